The lowest BCUT2D eigenvalue weighted by Gasteiger charge is -2.29. The smallest absolute Gasteiger partial charge is 0.119 e. The fourth-order valence-corrected chi connectivity index (χ4v) is 2.64. The van der Waals surface area contributed by atoms with Gasteiger partial charge in [0.25, 0.3) is 0 Å². The van der Waals surface area contributed by atoms with Crippen molar-refractivity contribution < 1.29 is 4.74 Å². The number of ether oxygens (including phenoxy) is 1. The first-order chi connectivity index (χ1) is 8.78. The molecule has 2 N–H and O–H groups in total. The van der Waals surface area contributed by atoms with Gasteiger partial charge in [0, 0.05) is 12.6 Å². The second kappa shape index (κ2) is 6.76. The number of nitrogens with two attached hydrogens (primary N) is 1. The summed E-state index contributed by atoms with van der Waals surface area (Å²) in [5, 5.41) is 0. The van der Waals surface area contributed by atoms with Crippen LogP contribution in [0.2, 0.25) is 0 Å². The number of hydrogen-bond acceptors (Lipinski definition) is 3. The lowest BCUT2D eigenvalue weighted by molar-refractivity contribution is 0.215. The van der Waals surface area contributed by atoms with Gasteiger partial charge in [-0.1, -0.05) is 18.6 Å². The van der Waals surface area contributed by atoms with Crippen molar-refractivity contribution >= 4 is 0 Å². The molecule has 0 aliphatic carbocycles. The fourth-order valence-electron chi connectivity index (χ4n) is 2.64. The van der Waals surface area contributed by atoms with Gasteiger partial charge in [-0.2, -0.15) is 0 Å². The zero-order valence-electron chi connectivity index (χ0n) is 11.3. The van der Waals surface area contributed by atoms with Crippen molar-refractivity contribution in [1.29, 1.82) is 0 Å². The van der Waals surface area contributed by atoms with Gasteiger partial charge in [0.2, 0.25) is 0 Å². The number of benzene rings is 1. The summed E-state index contributed by atoms with van der Waals surface area (Å²) in [5.41, 5.74) is 7.51. The largest absolute Gasteiger partial charge is 0.497 e. The van der Waals surface area contributed by atoms with Crippen LogP contribution in [0.4, 0.5) is 0 Å². The summed E-state index contributed by atoms with van der Waals surface area (Å²) in [4.78, 5) is 2.49. The van der Waals surface area contributed by atoms with Crippen LogP contribution < -0.4 is 10.5 Å². The van der Waals surface area contributed by atoms with E-state index in [-0.39, 0.29) is 6.04 Å². The van der Waals surface area contributed by atoms with Crippen LogP contribution in [0.25, 0.3) is 0 Å². The van der Waals surface area contributed by atoms with Crippen LogP contribution in [0.3, 0.4) is 0 Å². The summed E-state index contributed by atoms with van der Waals surface area (Å²) >= 11 is 0. The highest BCUT2D eigenvalue weighted by Gasteiger charge is 2.14. The van der Waals surface area contributed by atoms with Crippen LogP contribution in [-0.2, 0) is 6.42 Å². The van der Waals surface area contributed by atoms with Crippen LogP contribution in [0.1, 0.15) is 24.8 Å². The zero-order chi connectivity index (χ0) is 12.8. The van der Waals surface area contributed by atoms with Crippen LogP contribution in [0, 0.1) is 0 Å². The second-order valence-corrected chi connectivity index (χ2v) is 5.18. The molecular formula is C15H24N2O. The molecule has 1 heterocycles. The SMILES string of the molecule is COc1cccc(CC(N)CN2CCCCC2)c1. The van der Waals surface area contributed by atoms with E-state index in [1.807, 2.05) is 12.1 Å². The van der Waals surface area contributed by atoms with Gasteiger partial charge in [0.1, 0.15) is 5.75 Å². The highest BCUT2D eigenvalue weighted by Crippen LogP contribution is 2.15. The van der Waals surface area contributed by atoms with Gasteiger partial charge in [-0.15, -0.1) is 0 Å². The molecule has 0 spiro atoms. The number of hydrogen-bond donors (Lipinski definition) is 1. The fraction of sp³-hybridized carbons (Fsp3) is 0.600. The van der Waals surface area contributed by atoms with Crippen molar-refractivity contribution in [3.05, 3.63) is 29.8 Å². The van der Waals surface area contributed by atoms with Gasteiger partial charge in [-0.25, -0.2) is 0 Å². The molecule has 1 saturated heterocycles. The Morgan fingerprint density at radius 3 is 2.78 bits per heavy atom. The molecule has 0 radical (unpaired) electrons. The van der Waals surface area contributed by atoms with Crippen molar-refractivity contribution in [2.45, 2.75) is 31.7 Å². The Balaban J connectivity index is 1.83. The third kappa shape index (κ3) is 4.00. The van der Waals surface area contributed by atoms with Gasteiger partial charge in [-0.3, -0.25) is 0 Å². The average molecular weight is 248 g/mol. The number of rotatable bonds is 5. The minimum Gasteiger partial charge on any atom is -0.497 e. The van der Waals surface area contributed by atoms with Crippen molar-refractivity contribution in [3.8, 4) is 5.75 Å². The Morgan fingerprint density at radius 1 is 1.28 bits per heavy atom. The highest BCUT2D eigenvalue weighted by atomic mass is 16.5. The van der Waals surface area contributed by atoms with E-state index in [0.29, 0.717) is 0 Å². The van der Waals surface area contributed by atoms with E-state index in [1.165, 1.54) is 37.9 Å². The van der Waals surface area contributed by atoms with Crippen LogP contribution in [-0.4, -0.2) is 37.7 Å². The minimum absolute atomic E-state index is 0.218. The Labute approximate surface area is 110 Å². The van der Waals surface area contributed by atoms with Crippen molar-refractivity contribution in [2.24, 2.45) is 5.73 Å². The molecule has 1 aromatic rings. The van der Waals surface area contributed by atoms with Crippen molar-refractivity contribution in [1.82, 2.24) is 4.90 Å². The molecule has 1 unspecified atom stereocenters. The summed E-state index contributed by atoms with van der Waals surface area (Å²) in [7, 11) is 1.70. The van der Waals surface area contributed by atoms with Gasteiger partial charge < -0.3 is 15.4 Å². The first-order valence-electron chi connectivity index (χ1n) is 6.89. The van der Waals surface area contributed by atoms with Crippen LogP contribution >= 0.6 is 0 Å². The molecule has 0 bridgehead atoms. The Morgan fingerprint density at radius 2 is 2.06 bits per heavy atom. The summed E-state index contributed by atoms with van der Waals surface area (Å²) < 4.78 is 5.24. The molecule has 100 valence electrons. The molecule has 1 fully saturated rings. The first-order valence-corrected chi connectivity index (χ1v) is 6.89. The van der Waals surface area contributed by atoms with Gasteiger partial charge in [0.05, 0.1) is 7.11 Å². The molecule has 0 aromatic heterocycles. The van der Waals surface area contributed by atoms with E-state index in [0.717, 1.165) is 18.7 Å². The predicted octanol–water partition coefficient (Wildman–Crippen LogP) is 2.05. The molecule has 1 aromatic carbocycles. The topological polar surface area (TPSA) is 38.5 Å². The normalized spacial score (nSPS) is 18.6. The van der Waals surface area contributed by atoms with E-state index in [1.54, 1.807) is 7.11 Å². The van der Waals surface area contributed by atoms with E-state index < -0.39 is 0 Å². The van der Waals surface area contributed by atoms with Crippen molar-refractivity contribution in [3.63, 3.8) is 0 Å². The van der Waals surface area contributed by atoms with Crippen LogP contribution in [0.5, 0.6) is 5.75 Å². The molecule has 0 amide bonds. The lowest BCUT2D eigenvalue weighted by atomic mass is 10.0. The van der Waals surface area contributed by atoms with Gasteiger partial charge >= 0.3 is 0 Å². The maximum atomic E-state index is 6.25. The third-order valence-corrected chi connectivity index (χ3v) is 3.57. The summed E-state index contributed by atoms with van der Waals surface area (Å²) in [6.07, 6.45) is 4.95. The molecule has 18 heavy (non-hydrogen) atoms. The quantitative estimate of drug-likeness (QED) is 0.866. The predicted molar refractivity (Wildman–Crippen MR) is 75.0 cm³/mol. The average Bonchev–Trinajstić information content (AvgIpc) is 2.40. The Kier molecular flexibility index (Phi) is 5.02. The van der Waals surface area contributed by atoms with E-state index >= 15 is 0 Å². The molecule has 3 nitrogen and oxygen atoms in total. The van der Waals surface area contributed by atoms with Gasteiger partial charge in [-0.05, 0) is 50.0 Å². The maximum Gasteiger partial charge on any atom is 0.119 e. The van der Waals surface area contributed by atoms with Crippen molar-refractivity contribution in [2.75, 3.05) is 26.7 Å². The van der Waals surface area contributed by atoms with Crippen LogP contribution in [0.15, 0.2) is 24.3 Å². The molecule has 1 aliphatic heterocycles. The summed E-state index contributed by atoms with van der Waals surface area (Å²) in [6, 6.07) is 8.42. The van der Waals surface area contributed by atoms with E-state index in [9.17, 15) is 0 Å². The standard InChI is InChI=1S/C15H24N2O/c1-18-15-7-5-6-13(11-15)10-14(16)12-17-8-3-2-4-9-17/h5-7,11,14H,2-4,8-10,12,16H2,1H3. The van der Waals surface area contributed by atoms with E-state index in [2.05, 4.69) is 17.0 Å². The van der Waals surface area contributed by atoms with Gasteiger partial charge in [0.15, 0.2) is 0 Å². The minimum atomic E-state index is 0.218. The monoisotopic (exact) mass is 248 g/mol. The number of piperidine rings is 1. The molecular weight excluding hydrogens is 224 g/mol. The van der Waals surface area contributed by atoms with E-state index in [4.69, 9.17) is 10.5 Å². The third-order valence-electron chi connectivity index (χ3n) is 3.57. The highest BCUT2D eigenvalue weighted by molar-refractivity contribution is 5.28. The molecule has 1 aliphatic rings. The number of likely N-dealkylation sites (tertiary alicyclic amines) is 1. The Bertz CT molecular complexity index is 361. The lowest BCUT2D eigenvalue weighted by Crippen LogP contribution is -2.41. The zero-order valence-corrected chi connectivity index (χ0v) is 11.3. The molecule has 3 heteroatoms. The number of methoxy groups -OCH3 is 1. The summed E-state index contributed by atoms with van der Waals surface area (Å²) in [6.45, 7) is 3.44. The second-order valence-electron chi connectivity index (χ2n) is 5.18. The first kappa shape index (κ1) is 13.4. The molecule has 0 saturated carbocycles. The maximum absolute atomic E-state index is 6.25. The molecule has 2 rings (SSSR count). The number of nitrogens with zero attached hydrogens (tertiary/aromatic N) is 1. The molecule has 1 atom stereocenters. The Hall–Kier alpha value is -1.06. The summed E-state index contributed by atoms with van der Waals surface area (Å²) in [5.74, 6) is 0.915.